The molecular formula is C15H22Br2Cl2N2O. The van der Waals surface area contributed by atoms with Crippen molar-refractivity contribution in [2.45, 2.75) is 18.9 Å². The number of piperazine rings is 1. The summed E-state index contributed by atoms with van der Waals surface area (Å²) < 4.78 is 1.84. The number of hydrogen-bond acceptors (Lipinski definition) is 3. The highest BCUT2D eigenvalue weighted by Gasteiger charge is 2.26. The molecule has 3 nitrogen and oxygen atoms in total. The van der Waals surface area contributed by atoms with Gasteiger partial charge in [0.15, 0.2) is 0 Å². The lowest BCUT2D eigenvalue weighted by Gasteiger charge is -2.36. The Morgan fingerprint density at radius 2 is 1.91 bits per heavy atom. The van der Waals surface area contributed by atoms with Crippen molar-refractivity contribution >= 4 is 56.7 Å². The predicted molar refractivity (Wildman–Crippen MR) is 105 cm³/mol. The van der Waals surface area contributed by atoms with E-state index in [9.17, 15) is 5.11 Å². The minimum atomic E-state index is 0. The molecule has 0 aromatic heterocycles. The molecule has 0 saturated carbocycles. The van der Waals surface area contributed by atoms with E-state index >= 15 is 0 Å². The van der Waals surface area contributed by atoms with Crippen LogP contribution in [0.25, 0.3) is 0 Å². The van der Waals surface area contributed by atoms with Crippen LogP contribution in [0.5, 0.6) is 5.75 Å². The first-order valence-electron chi connectivity index (χ1n) is 6.87. The third-order valence-corrected chi connectivity index (χ3v) is 4.76. The number of allylic oxidation sites excluding steroid dienone is 1. The lowest BCUT2D eigenvalue weighted by atomic mass is 9.98. The van der Waals surface area contributed by atoms with Gasteiger partial charge in [0.2, 0.25) is 0 Å². The van der Waals surface area contributed by atoms with Crippen molar-refractivity contribution in [2.24, 2.45) is 0 Å². The maximum absolute atomic E-state index is 10.3. The molecule has 0 radical (unpaired) electrons. The van der Waals surface area contributed by atoms with Gasteiger partial charge in [0.25, 0.3) is 0 Å². The fourth-order valence-corrected chi connectivity index (χ4v) is 4.15. The van der Waals surface area contributed by atoms with Crippen LogP contribution in [0.2, 0.25) is 0 Å². The van der Waals surface area contributed by atoms with Crippen molar-refractivity contribution in [3.05, 3.63) is 39.3 Å². The Labute approximate surface area is 161 Å². The molecule has 1 atom stereocenters. The zero-order valence-corrected chi connectivity index (χ0v) is 17.0. The Bertz CT molecular complexity index is 460. The smallest absolute Gasteiger partial charge is 0.122 e. The number of nitrogens with one attached hydrogen (secondary N) is 1. The van der Waals surface area contributed by atoms with Crippen LogP contribution < -0.4 is 5.32 Å². The van der Waals surface area contributed by atoms with Gasteiger partial charge in [-0.25, -0.2) is 0 Å². The fraction of sp³-hybridized carbons (Fsp3) is 0.467. The Balaban J connectivity index is 0.00000220. The molecule has 1 heterocycles. The molecule has 1 aromatic carbocycles. The summed E-state index contributed by atoms with van der Waals surface area (Å²) in [5.74, 6) is 0.346. The maximum atomic E-state index is 10.3. The Morgan fingerprint density at radius 3 is 2.45 bits per heavy atom. The van der Waals surface area contributed by atoms with E-state index in [0.29, 0.717) is 5.75 Å². The summed E-state index contributed by atoms with van der Waals surface area (Å²) in [6, 6.07) is 3.99. The minimum absolute atomic E-state index is 0. The summed E-state index contributed by atoms with van der Waals surface area (Å²) >= 11 is 7.01. The molecule has 1 fully saturated rings. The van der Waals surface area contributed by atoms with E-state index in [1.54, 1.807) is 6.07 Å². The van der Waals surface area contributed by atoms with Gasteiger partial charge in [-0.3, -0.25) is 4.90 Å². The van der Waals surface area contributed by atoms with Crippen LogP contribution in [-0.2, 0) is 0 Å². The number of nitrogens with zero attached hydrogens (tertiary/aromatic N) is 1. The summed E-state index contributed by atoms with van der Waals surface area (Å²) in [4.78, 5) is 2.44. The molecule has 7 heteroatoms. The molecule has 1 aliphatic rings. The predicted octanol–water partition coefficient (Wildman–Crippen LogP) is 4.67. The normalized spacial score (nSPS) is 16.3. The highest BCUT2D eigenvalue weighted by Crippen LogP contribution is 2.39. The first kappa shape index (κ1) is 22.2. The van der Waals surface area contributed by atoms with Gasteiger partial charge in [0.1, 0.15) is 5.75 Å². The maximum Gasteiger partial charge on any atom is 0.122 e. The van der Waals surface area contributed by atoms with Crippen molar-refractivity contribution in [2.75, 3.05) is 26.2 Å². The largest absolute Gasteiger partial charge is 0.508 e. The molecule has 1 saturated heterocycles. The molecular weight excluding hydrogens is 455 g/mol. The number of benzene rings is 1. The zero-order valence-electron chi connectivity index (χ0n) is 12.2. The van der Waals surface area contributed by atoms with E-state index in [2.05, 4.69) is 48.7 Å². The van der Waals surface area contributed by atoms with Gasteiger partial charge in [-0.2, -0.15) is 0 Å². The van der Waals surface area contributed by atoms with Gasteiger partial charge in [-0.15, -0.1) is 31.4 Å². The van der Waals surface area contributed by atoms with Crippen molar-refractivity contribution in [3.63, 3.8) is 0 Å². The molecule has 0 amide bonds. The van der Waals surface area contributed by atoms with Gasteiger partial charge in [0, 0.05) is 46.7 Å². The molecule has 0 aliphatic carbocycles. The van der Waals surface area contributed by atoms with Crippen LogP contribution in [0.15, 0.2) is 33.7 Å². The molecule has 1 aromatic rings. The van der Waals surface area contributed by atoms with Gasteiger partial charge < -0.3 is 10.4 Å². The molecule has 126 valence electrons. The first-order valence-corrected chi connectivity index (χ1v) is 8.45. The van der Waals surface area contributed by atoms with E-state index in [-0.39, 0.29) is 30.9 Å². The fourth-order valence-electron chi connectivity index (χ4n) is 2.68. The Kier molecular flexibility index (Phi) is 11.0. The second-order valence-corrected chi connectivity index (χ2v) is 6.76. The second kappa shape index (κ2) is 10.9. The Morgan fingerprint density at radius 1 is 1.27 bits per heavy atom. The number of hydrogen-bond donors (Lipinski definition) is 2. The van der Waals surface area contributed by atoms with Crippen LogP contribution in [0.4, 0.5) is 0 Å². The highest BCUT2D eigenvalue weighted by molar-refractivity contribution is 9.11. The summed E-state index contributed by atoms with van der Waals surface area (Å²) in [6.07, 6.45) is 3.85. The first-order chi connectivity index (χ1) is 9.63. The van der Waals surface area contributed by atoms with Crippen LogP contribution >= 0.6 is 56.7 Å². The van der Waals surface area contributed by atoms with Crippen molar-refractivity contribution < 1.29 is 5.11 Å². The second-order valence-electron chi connectivity index (χ2n) is 4.99. The molecule has 0 spiro atoms. The van der Waals surface area contributed by atoms with Crippen molar-refractivity contribution in [1.29, 1.82) is 0 Å². The third kappa shape index (κ3) is 5.69. The molecule has 0 unspecified atom stereocenters. The summed E-state index contributed by atoms with van der Waals surface area (Å²) in [5.41, 5.74) is 0.983. The van der Waals surface area contributed by atoms with E-state index in [0.717, 1.165) is 53.5 Å². The number of phenols is 1. The average Bonchev–Trinajstić information content (AvgIpc) is 2.42. The quantitative estimate of drug-likeness (QED) is 0.606. The van der Waals surface area contributed by atoms with Crippen LogP contribution in [0.3, 0.4) is 0 Å². The van der Waals surface area contributed by atoms with E-state index < -0.39 is 0 Å². The lowest BCUT2D eigenvalue weighted by Crippen LogP contribution is -2.45. The van der Waals surface area contributed by atoms with Crippen molar-refractivity contribution in [1.82, 2.24) is 10.2 Å². The summed E-state index contributed by atoms with van der Waals surface area (Å²) in [5, 5.41) is 13.7. The van der Waals surface area contributed by atoms with Gasteiger partial charge >= 0.3 is 0 Å². The Hall–Kier alpha value is 0.220. The van der Waals surface area contributed by atoms with Gasteiger partial charge in [-0.1, -0.05) is 37.9 Å². The number of halogens is 4. The summed E-state index contributed by atoms with van der Waals surface area (Å²) in [6.45, 7) is 7.82. The average molecular weight is 477 g/mol. The molecule has 22 heavy (non-hydrogen) atoms. The topological polar surface area (TPSA) is 35.5 Å². The standard InChI is InChI=1S/C15H20Br2N2O.2ClH/c1-2-3-4-13(19-7-5-18-6-8-19)15-12(17)9-11(16)10-14(15)20;;/h2,9-10,13,18,20H,1,3-8H2;2*1H/t13-;;/m0../s1. The molecule has 2 rings (SSSR count). The van der Waals surface area contributed by atoms with Crippen LogP contribution in [-0.4, -0.2) is 36.2 Å². The minimum Gasteiger partial charge on any atom is -0.508 e. The van der Waals surface area contributed by atoms with Crippen LogP contribution in [0.1, 0.15) is 24.4 Å². The third-order valence-electron chi connectivity index (χ3n) is 3.64. The number of aromatic hydroxyl groups is 1. The highest BCUT2D eigenvalue weighted by atomic mass is 79.9. The summed E-state index contributed by atoms with van der Waals surface area (Å²) in [7, 11) is 0. The number of phenolic OH excluding ortho intramolecular Hbond substituents is 1. The molecule has 1 aliphatic heterocycles. The van der Waals surface area contributed by atoms with Gasteiger partial charge in [-0.05, 0) is 25.0 Å². The molecule has 0 bridgehead atoms. The monoisotopic (exact) mass is 474 g/mol. The molecule has 2 N–H and O–H groups in total. The van der Waals surface area contributed by atoms with Crippen LogP contribution in [0, 0.1) is 0 Å². The van der Waals surface area contributed by atoms with E-state index in [1.165, 1.54) is 0 Å². The zero-order chi connectivity index (χ0) is 14.5. The van der Waals surface area contributed by atoms with E-state index in [1.807, 2.05) is 12.1 Å². The van der Waals surface area contributed by atoms with E-state index in [4.69, 9.17) is 0 Å². The SMILES string of the molecule is C=CCC[C@@H](c1c(O)cc(Br)cc1Br)N1CCNCC1.Cl.Cl. The van der Waals surface area contributed by atoms with Gasteiger partial charge in [0.05, 0.1) is 0 Å². The van der Waals surface area contributed by atoms with Crippen molar-refractivity contribution in [3.8, 4) is 5.75 Å². The lowest BCUT2D eigenvalue weighted by molar-refractivity contribution is 0.163. The number of rotatable bonds is 5.